The Morgan fingerprint density at radius 1 is 1.19 bits per heavy atom. The van der Waals surface area contributed by atoms with Gasteiger partial charge in [0.2, 0.25) is 5.58 Å². The summed E-state index contributed by atoms with van der Waals surface area (Å²) in [5, 5.41) is 0.415. The molecule has 106 valence electrons. The minimum atomic E-state index is -0.453. The third-order valence-electron chi connectivity index (χ3n) is 3.48. The van der Waals surface area contributed by atoms with E-state index in [9.17, 15) is 9.59 Å². The molecular formula is C16H15N2O3+. The van der Waals surface area contributed by atoms with Gasteiger partial charge in [0.1, 0.15) is 0 Å². The molecule has 5 heteroatoms. The molecule has 21 heavy (non-hydrogen) atoms. The van der Waals surface area contributed by atoms with E-state index in [2.05, 4.69) is 4.98 Å². The number of aromatic nitrogens is 2. The van der Waals surface area contributed by atoms with Crippen LogP contribution in [0, 0.1) is 6.92 Å². The van der Waals surface area contributed by atoms with Crippen LogP contribution in [0.15, 0.2) is 50.7 Å². The van der Waals surface area contributed by atoms with Gasteiger partial charge >= 0.3 is 5.63 Å². The second kappa shape index (κ2) is 5.01. The first-order valence-corrected chi connectivity index (χ1v) is 6.78. The molecule has 0 bridgehead atoms. The number of aromatic amines is 1. The monoisotopic (exact) mass is 283 g/mol. The van der Waals surface area contributed by atoms with E-state index in [1.165, 1.54) is 6.07 Å². The Morgan fingerprint density at radius 3 is 2.57 bits per heavy atom. The molecule has 0 unspecified atom stereocenters. The summed E-state index contributed by atoms with van der Waals surface area (Å²) in [5.74, 6) is 0. The number of aryl methyl sites for hydroxylation is 2. The minimum Gasteiger partial charge on any atom is -0.415 e. The van der Waals surface area contributed by atoms with Gasteiger partial charge in [0.15, 0.2) is 12.4 Å². The second-order valence-electron chi connectivity index (χ2n) is 4.87. The predicted octanol–water partition coefficient (Wildman–Crippen LogP) is 1.63. The summed E-state index contributed by atoms with van der Waals surface area (Å²) in [6, 6.07) is 6.99. The molecule has 0 fully saturated rings. The molecule has 0 saturated heterocycles. The van der Waals surface area contributed by atoms with Gasteiger partial charge in [-0.2, -0.15) is 4.57 Å². The van der Waals surface area contributed by atoms with Crippen molar-refractivity contribution in [2.45, 2.75) is 20.3 Å². The first-order chi connectivity index (χ1) is 10.1. The molecule has 0 aliphatic carbocycles. The van der Waals surface area contributed by atoms with E-state index in [4.69, 9.17) is 4.42 Å². The molecule has 3 heterocycles. The van der Waals surface area contributed by atoms with E-state index >= 15 is 0 Å². The summed E-state index contributed by atoms with van der Waals surface area (Å²) in [6.07, 6.45) is 4.34. The molecule has 5 nitrogen and oxygen atoms in total. The van der Waals surface area contributed by atoms with Gasteiger partial charge in [-0.3, -0.25) is 4.79 Å². The topological polar surface area (TPSA) is 67.0 Å². The summed E-state index contributed by atoms with van der Waals surface area (Å²) in [7, 11) is 0. The molecule has 0 aliphatic rings. The Bertz CT molecular complexity index is 924. The van der Waals surface area contributed by atoms with Crippen LogP contribution in [0.4, 0.5) is 0 Å². The highest BCUT2D eigenvalue weighted by atomic mass is 16.4. The summed E-state index contributed by atoms with van der Waals surface area (Å²) >= 11 is 0. The fraction of sp³-hybridized carbons (Fsp3) is 0.188. The van der Waals surface area contributed by atoms with Gasteiger partial charge < -0.3 is 9.40 Å². The molecule has 0 radical (unpaired) electrons. The molecular weight excluding hydrogens is 268 g/mol. The zero-order valence-electron chi connectivity index (χ0n) is 11.8. The zero-order chi connectivity index (χ0) is 15.0. The number of rotatable bonds is 2. The molecule has 0 atom stereocenters. The van der Waals surface area contributed by atoms with Crippen molar-refractivity contribution in [3.05, 3.63) is 68.7 Å². The molecule has 0 saturated carbocycles. The first kappa shape index (κ1) is 13.3. The quantitative estimate of drug-likeness (QED) is 0.727. The number of H-pyrrole nitrogens is 1. The van der Waals surface area contributed by atoms with Crippen molar-refractivity contribution in [3.8, 4) is 5.69 Å². The van der Waals surface area contributed by atoms with E-state index < -0.39 is 5.63 Å². The average molecular weight is 283 g/mol. The third-order valence-corrected chi connectivity index (χ3v) is 3.48. The van der Waals surface area contributed by atoms with Crippen molar-refractivity contribution in [2.24, 2.45) is 0 Å². The summed E-state index contributed by atoms with van der Waals surface area (Å²) in [5.41, 5.74) is 1.69. The normalized spacial score (nSPS) is 11.0. The van der Waals surface area contributed by atoms with E-state index in [1.54, 1.807) is 6.92 Å². The van der Waals surface area contributed by atoms with Crippen LogP contribution in [0.25, 0.3) is 16.7 Å². The van der Waals surface area contributed by atoms with Crippen LogP contribution in [-0.4, -0.2) is 4.98 Å². The maximum Gasteiger partial charge on any atom is 0.336 e. The van der Waals surface area contributed by atoms with Crippen molar-refractivity contribution in [1.82, 2.24) is 4.98 Å². The van der Waals surface area contributed by atoms with Gasteiger partial charge in [-0.1, -0.05) is 13.0 Å². The molecule has 0 spiro atoms. The molecule has 0 aliphatic heterocycles. The summed E-state index contributed by atoms with van der Waals surface area (Å²) in [6.45, 7) is 3.68. The fourth-order valence-electron chi connectivity index (χ4n) is 2.53. The lowest BCUT2D eigenvalue weighted by Gasteiger charge is -2.06. The van der Waals surface area contributed by atoms with Crippen LogP contribution >= 0.6 is 0 Å². The molecule has 0 amide bonds. The lowest BCUT2D eigenvalue weighted by atomic mass is 10.1. The predicted molar refractivity (Wildman–Crippen MR) is 78.8 cm³/mol. The van der Waals surface area contributed by atoms with Crippen LogP contribution < -0.4 is 15.8 Å². The van der Waals surface area contributed by atoms with Crippen LogP contribution in [0.2, 0.25) is 0 Å². The van der Waals surface area contributed by atoms with Crippen LogP contribution in [0.1, 0.15) is 18.2 Å². The maximum absolute atomic E-state index is 12.2. The molecule has 3 aromatic heterocycles. The van der Waals surface area contributed by atoms with Crippen molar-refractivity contribution < 1.29 is 8.98 Å². The average Bonchev–Trinajstić information content (AvgIpc) is 2.46. The number of nitrogens with zero attached hydrogens (tertiary/aromatic N) is 1. The number of hydrogen-bond donors (Lipinski definition) is 1. The van der Waals surface area contributed by atoms with Crippen LogP contribution in [0.5, 0.6) is 0 Å². The number of hydrogen-bond acceptors (Lipinski definition) is 3. The maximum atomic E-state index is 12.2. The van der Waals surface area contributed by atoms with Gasteiger partial charge in [-0.25, -0.2) is 4.79 Å². The van der Waals surface area contributed by atoms with E-state index in [-0.39, 0.29) is 5.56 Å². The Hall–Kier alpha value is -2.69. The summed E-state index contributed by atoms with van der Waals surface area (Å²) in [4.78, 5) is 26.8. The lowest BCUT2D eigenvalue weighted by molar-refractivity contribution is -0.595. The Kier molecular flexibility index (Phi) is 3.17. The largest absolute Gasteiger partial charge is 0.415 e. The van der Waals surface area contributed by atoms with Crippen LogP contribution in [0.3, 0.4) is 0 Å². The smallest absolute Gasteiger partial charge is 0.336 e. The standard InChI is InChI=1S/C16H14N2O3/c1-3-11-14(18-7-5-4-6-8-18)15-13(16(20)17-11)10(2)9-12(19)21-15/h4-9H,3H2,1-2H3/p+1. The second-order valence-corrected chi connectivity index (χ2v) is 4.87. The minimum absolute atomic E-state index is 0.233. The number of nitrogens with one attached hydrogen (secondary N) is 1. The van der Waals surface area contributed by atoms with Crippen molar-refractivity contribution in [2.75, 3.05) is 0 Å². The van der Waals surface area contributed by atoms with Gasteiger partial charge in [0.25, 0.3) is 11.2 Å². The Morgan fingerprint density at radius 2 is 1.90 bits per heavy atom. The highest BCUT2D eigenvalue weighted by molar-refractivity contribution is 5.85. The van der Waals surface area contributed by atoms with Crippen molar-refractivity contribution in [3.63, 3.8) is 0 Å². The summed E-state index contributed by atoms with van der Waals surface area (Å²) < 4.78 is 7.20. The lowest BCUT2D eigenvalue weighted by Crippen LogP contribution is -2.33. The third kappa shape index (κ3) is 2.16. The molecule has 0 aromatic carbocycles. The first-order valence-electron chi connectivity index (χ1n) is 6.78. The highest BCUT2D eigenvalue weighted by Gasteiger charge is 2.22. The SMILES string of the molecule is CCc1[nH]c(=O)c2c(C)cc(=O)oc2c1-[n+]1ccccc1. The van der Waals surface area contributed by atoms with E-state index in [0.717, 1.165) is 5.69 Å². The van der Waals surface area contributed by atoms with Gasteiger partial charge in [0, 0.05) is 18.2 Å². The van der Waals surface area contributed by atoms with Crippen LogP contribution in [-0.2, 0) is 6.42 Å². The molecule has 1 N–H and O–H groups in total. The van der Waals surface area contributed by atoms with E-state index in [0.29, 0.717) is 28.6 Å². The number of fused-ring (bicyclic) bond motifs is 1. The van der Waals surface area contributed by atoms with Gasteiger partial charge in [0.05, 0.1) is 11.1 Å². The zero-order valence-corrected chi connectivity index (χ0v) is 11.8. The van der Waals surface area contributed by atoms with Gasteiger partial charge in [-0.15, -0.1) is 0 Å². The molecule has 3 rings (SSSR count). The molecule has 3 aromatic rings. The van der Waals surface area contributed by atoms with Gasteiger partial charge in [-0.05, 0) is 18.9 Å². The fourth-order valence-corrected chi connectivity index (χ4v) is 2.53. The van der Waals surface area contributed by atoms with E-state index in [1.807, 2.05) is 42.1 Å². The van der Waals surface area contributed by atoms with Crippen molar-refractivity contribution in [1.29, 1.82) is 0 Å². The Labute approximate surface area is 120 Å². The number of pyridine rings is 2. The van der Waals surface area contributed by atoms with Crippen molar-refractivity contribution >= 4 is 11.0 Å². The highest BCUT2D eigenvalue weighted by Crippen LogP contribution is 2.19. The Balaban J connectivity index is 2.55.